The number of rotatable bonds is 1. The van der Waals surface area contributed by atoms with E-state index in [0.29, 0.717) is 17.7 Å². The van der Waals surface area contributed by atoms with Crippen molar-refractivity contribution in [3.8, 4) is 0 Å². The predicted molar refractivity (Wildman–Crippen MR) is 85.6 cm³/mol. The van der Waals surface area contributed by atoms with Gasteiger partial charge in [-0.15, -0.1) is 0 Å². The Morgan fingerprint density at radius 1 is 0.864 bits per heavy atom. The van der Waals surface area contributed by atoms with E-state index in [-0.39, 0.29) is 11.8 Å². The van der Waals surface area contributed by atoms with Crippen LogP contribution in [0.15, 0.2) is 58.7 Å². The Hall–Kier alpha value is -2.68. The molecule has 1 aliphatic heterocycles. The Kier molecular flexibility index (Phi) is 2.76. The summed E-state index contributed by atoms with van der Waals surface area (Å²) in [4.78, 5) is 26.1. The largest absolute Gasteiger partial charge is 0.275 e. The third-order valence-electron chi connectivity index (χ3n) is 4.30. The van der Waals surface area contributed by atoms with E-state index in [1.807, 2.05) is 31.2 Å². The maximum absolute atomic E-state index is 12.4. The average molecular weight is 289 g/mol. The molecule has 2 amide bonds. The number of likely N-dealkylation sites (tertiary alicyclic amines) is 1. The summed E-state index contributed by atoms with van der Waals surface area (Å²) in [5.74, 6) is -0.362. The van der Waals surface area contributed by atoms with Gasteiger partial charge in [-0.05, 0) is 47.8 Å². The number of nitrogens with zero attached hydrogens (tertiary/aromatic N) is 1. The second kappa shape index (κ2) is 4.67. The fourth-order valence-corrected chi connectivity index (χ4v) is 3.25. The molecule has 0 unspecified atom stereocenters. The van der Waals surface area contributed by atoms with Crippen LogP contribution in [0.25, 0.3) is 12.2 Å². The fourth-order valence-electron chi connectivity index (χ4n) is 3.25. The fraction of sp³-hybridized carbons (Fsp3) is 0.158. The van der Waals surface area contributed by atoms with Crippen LogP contribution in [-0.4, -0.2) is 23.3 Å². The summed E-state index contributed by atoms with van der Waals surface area (Å²) in [6, 6.07) is 8.16. The molecule has 3 aliphatic rings. The number of carbonyl (C=O) groups excluding carboxylic acids is 2. The van der Waals surface area contributed by atoms with Gasteiger partial charge in [0.25, 0.3) is 11.8 Å². The summed E-state index contributed by atoms with van der Waals surface area (Å²) in [5, 5.41) is 0. The van der Waals surface area contributed by atoms with Gasteiger partial charge >= 0.3 is 0 Å². The number of hydrogen-bond acceptors (Lipinski definition) is 2. The highest BCUT2D eigenvalue weighted by atomic mass is 16.2. The van der Waals surface area contributed by atoms with Gasteiger partial charge in [-0.3, -0.25) is 14.5 Å². The first-order valence-corrected chi connectivity index (χ1v) is 7.47. The van der Waals surface area contributed by atoms with Crippen molar-refractivity contribution < 1.29 is 9.59 Å². The topological polar surface area (TPSA) is 37.4 Å². The number of imide groups is 1. The molecule has 2 aliphatic carbocycles. The van der Waals surface area contributed by atoms with Crippen molar-refractivity contribution in [2.24, 2.45) is 0 Å². The molecule has 1 heterocycles. The standard InChI is InChI=1S/C19H15NO2/c1-2-20-18(21)16-10-12-7-13(11-17(16)19(20)22)9-15-6-4-3-5-14(15)8-12/h3-6,8-11H,2,7H2,1H3. The number of benzene rings is 1. The van der Waals surface area contributed by atoms with Gasteiger partial charge in [-0.1, -0.05) is 36.4 Å². The van der Waals surface area contributed by atoms with E-state index in [4.69, 9.17) is 0 Å². The van der Waals surface area contributed by atoms with E-state index < -0.39 is 0 Å². The van der Waals surface area contributed by atoms with Gasteiger partial charge in [0.05, 0.1) is 11.1 Å². The van der Waals surface area contributed by atoms with Crippen molar-refractivity contribution in [1.82, 2.24) is 4.90 Å². The van der Waals surface area contributed by atoms with Crippen molar-refractivity contribution in [1.29, 1.82) is 0 Å². The van der Waals surface area contributed by atoms with E-state index in [2.05, 4.69) is 24.3 Å². The van der Waals surface area contributed by atoms with Gasteiger partial charge in [0.1, 0.15) is 0 Å². The van der Waals surface area contributed by atoms with Crippen molar-refractivity contribution in [2.75, 3.05) is 6.54 Å². The molecular formula is C19H15NO2. The quantitative estimate of drug-likeness (QED) is 0.745. The summed E-state index contributed by atoms with van der Waals surface area (Å²) in [6.07, 6.45) is 8.72. The normalized spacial score (nSPS) is 19.4. The van der Waals surface area contributed by atoms with Crippen LogP contribution in [0.1, 0.15) is 24.5 Å². The molecule has 0 spiro atoms. The van der Waals surface area contributed by atoms with Gasteiger partial charge in [-0.25, -0.2) is 0 Å². The second-order valence-corrected chi connectivity index (χ2v) is 5.71. The zero-order valence-corrected chi connectivity index (χ0v) is 12.3. The van der Waals surface area contributed by atoms with Crippen LogP contribution in [-0.2, 0) is 9.59 Å². The van der Waals surface area contributed by atoms with Crippen molar-refractivity contribution in [3.05, 3.63) is 69.8 Å². The lowest BCUT2D eigenvalue weighted by atomic mass is 10.0. The number of carbonyl (C=O) groups is 2. The zero-order chi connectivity index (χ0) is 15.3. The lowest BCUT2D eigenvalue weighted by Gasteiger charge is -2.09. The van der Waals surface area contributed by atoms with E-state index >= 15 is 0 Å². The first-order chi connectivity index (χ1) is 10.7. The van der Waals surface area contributed by atoms with Gasteiger partial charge in [0.2, 0.25) is 0 Å². The van der Waals surface area contributed by atoms with E-state index in [0.717, 1.165) is 28.7 Å². The zero-order valence-electron chi connectivity index (χ0n) is 12.3. The van der Waals surface area contributed by atoms with Crippen LogP contribution in [0.5, 0.6) is 0 Å². The Morgan fingerprint density at radius 2 is 1.36 bits per heavy atom. The monoisotopic (exact) mass is 289 g/mol. The van der Waals surface area contributed by atoms with Gasteiger partial charge in [-0.2, -0.15) is 0 Å². The molecule has 4 rings (SSSR count). The Bertz CT molecular complexity index is 770. The molecule has 0 atom stereocenters. The second-order valence-electron chi connectivity index (χ2n) is 5.71. The molecule has 0 radical (unpaired) electrons. The third kappa shape index (κ3) is 1.82. The smallest absolute Gasteiger partial charge is 0.261 e. The van der Waals surface area contributed by atoms with Gasteiger partial charge in [0, 0.05) is 6.54 Å². The van der Waals surface area contributed by atoms with E-state index in [1.54, 1.807) is 0 Å². The molecule has 3 nitrogen and oxygen atoms in total. The molecular weight excluding hydrogens is 274 g/mol. The first kappa shape index (κ1) is 13.0. The Labute approximate surface area is 128 Å². The molecule has 22 heavy (non-hydrogen) atoms. The minimum atomic E-state index is -0.181. The maximum atomic E-state index is 12.4. The molecule has 1 fully saturated rings. The molecule has 0 N–H and O–H groups in total. The van der Waals surface area contributed by atoms with Crippen molar-refractivity contribution in [3.63, 3.8) is 0 Å². The summed E-state index contributed by atoms with van der Waals surface area (Å²) in [5.41, 5.74) is 5.48. The lowest BCUT2D eigenvalue weighted by molar-refractivity contribution is -0.136. The highest BCUT2D eigenvalue weighted by Gasteiger charge is 2.38. The summed E-state index contributed by atoms with van der Waals surface area (Å²) < 4.78 is 0. The highest BCUT2D eigenvalue weighted by Crippen LogP contribution is 2.36. The molecule has 0 saturated carbocycles. The predicted octanol–water partition coefficient (Wildman–Crippen LogP) is 3.11. The van der Waals surface area contributed by atoms with Crippen molar-refractivity contribution in [2.45, 2.75) is 13.3 Å². The van der Waals surface area contributed by atoms with Gasteiger partial charge < -0.3 is 0 Å². The summed E-state index contributed by atoms with van der Waals surface area (Å²) >= 11 is 0. The Morgan fingerprint density at radius 3 is 1.82 bits per heavy atom. The van der Waals surface area contributed by atoms with Crippen LogP contribution in [0, 0.1) is 0 Å². The first-order valence-electron chi connectivity index (χ1n) is 7.47. The van der Waals surface area contributed by atoms with Crippen LogP contribution >= 0.6 is 0 Å². The lowest BCUT2D eigenvalue weighted by Crippen LogP contribution is -2.29. The van der Waals surface area contributed by atoms with Crippen LogP contribution in [0.3, 0.4) is 0 Å². The van der Waals surface area contributed by atoms with E-state index in [9.17, 15) is 9.59 Å². The molecule has 108 valence electrons. The highest BCUT2D eigenvalue weighted by molar-refractivity contribution is 6.25. The minimum absolute atomic E-state index is 0.181. The molecule has 1 saturated heterocycles. The molecule has 0 aromatic heterocycles. The van der Waals surface area contributed by atoms with Crippen LogP contribution in [0.4, 0.5) is 0 Å². The van der Waals surface area contributed by atoms with Gasteiger partial charge in [0.15, 0.2) is 0 Å². The van der Waals surface area contributed by atoms with Crippen LogP contribution in [0.2, 0.25) is 0 Å². The summed E-state index contributed by atoms with van der Waals surface area (Å²) in [7, 11) is 0. The third-order valence-corrected chi connectivity index (χ3v) is 4.30. The minimum Gasteiger partial charge on any atom is -0.275 e. The number of likely N-dealkylation sites (N-methyl/N-ethyl adjacent to an activating group) is 1. The molecule has 2 bridgehead atoms. The number of amides is 2. The SMILES string of the molecule is CCN1C(=O)C2=CC3=Cc4ccccc4C=C(C=C2C1=O)C3. The number of fused-ring (bicyclic) bond motifs is 4. The maximum Gasteiger partial charge on any atom is 0.261 e. The molecule has 1 aromatic carbocycles. The van der Waals surface area contributed by atoms with Crippen molar-refractivity contribution >= 4 is 24.0 Å². The molecule has 3 heteroatoms. The number of allylic oxidation sites excluding steroid dienone is 4. The summed E-state index contributed by atoms with van der Waals surface area (Å²) in [6.45, 7) is 2.23. The van der Waals surface area contributed by atoms with E-state index in [1.165, 1.54) is 4.90 Å². The average Bonchev–Trinajstić information content (AvgIpc) is 2.70. The Balaban J connectivity index is 1.94. The van der Waals surface area contributed by atoms with Crippen LogP contribution < -0.4 is 0 Å². The molecule has 1 aromatic rings. The number of hydrogen-bond donors (Lipinski definition) is 0.